The first kappa shape index (κ1) is 17.1. The number of aromatic amines is 1. The maximum Gasteiger partial charge on any atom is 0.253 e. The highest BCUT2D eigenvalue weighted by atomic mass is 32.2. The third-order valence-corrected chi connectivity index (χ3v) is 4.56. The summed E-state index contributed by atoms with van der Waals surface area (Å²) in [4.78, 5) is 30.5. The fourth-order valence-corrected chi connectivity index (χ4v) is 3.03. The summed E-state index contributed by atoms with van der Waals surface area (Å²) in [5, 5.41) is 2.98. The van der Waals surface area contributed by atoms with Crippen molar-refractivity contribution in [2.75, 3.05) is 5.73 Å². The molecule has 122 valence electrons. The average Bonchev–Trinajstić information content (AvgIpc) is 2.52. The number of nitrogens with zero attached hydrogens (tertiary/aromatic N) is 1. The number of rotatable bonds is 6. The van der Waals surface area contributed by atoms with Crippen molar-refractivity contribution in [2.45, 2.75) is 36.7 Å². The predicted octanol–water partition coefficient (Wildman–Crippen LogP) is 2.10. The Bertz CT molecular complexity index is 718. The van der Waals surface area contributed by atoms with E-state index in [1.54, 1.807) is 0 Å². The van der Waals surface area contributed by atoms with Crippen molar-refractivity contribution in [3.8, 4) is 0 Å². The second-order valence-electron chi connectivity index (χ2n) is 5.13. The molecule has 1 aromatic heterocycles. The Morgan fingerprint density at radius 3 is 2.70 bits per heavy atom. The molecule has 0 saturated heterocycles. The lowest BCUT2D eigenvalue weighted by Crippen LogP contribution is -2.34. The summed E-state index contributed by atoms with van der Waals surface area (Å²) >= 11 is 1.20. The summed E-state index contributed by atoms with van der Waals surface area (Å²) in [7, 11) is 0. The molecule has 23 heavy (non-hydrogen) atoms. The Kier molecular flexibility index (Phi) is 5.81. The molecule has 0 aliphatic rings. The van der Waals surface area contributed by atoms with E-state index in [0.29, 0.717) is 11.6 Å². The van der Waals surface area contributed by atoms with Crippen LogP contribution in [0.1, 0.15) is 31.9 Å². The maximum atomic E-state index is 12.4. The lowest BCUT2D eigenvalue weighted by molar-refractivity contribution is -0.121. The first-order valence-electron chi connectivity index (χ1n) is 7.38. The highest BCUT2D eigenvalue weighted by Gasteiger charge is 2.21. The minimum absolute atomic E-state index is 0.0915. The lowest BCUT2D eigenvalue weighted by Gasteiger charge is -2.19. The van der Waals surface area contributed by atoms with Gasteiger partial charge in [-0.1, -0.05) is 49.0 Å². The van der Waals surface area contributed by atoms with Gasteiger partial charge in [0.15, 0.2) is 5.16 Å². The molecule has 0 saturated carbocycles. The van der Waals surface area contributed by atoms with Crippen LogP contribution < -0.4 is 16.6 Å². The number of aromatic nitrogens is 2. The summed E-state index contributed by atoms with van der Waals surface area (Å²) in [5.41, 5.74) is 6.28. The summed E-state index contributed by atoms with van der Waals surface area (Å²) in [5.74, 6) is 0.0445. The number of thioether (sulfide) groups is 1. The molecular weight excluding hydrogens is 312 g/mol. The third kappa shape index (κ3) is 4.85. The number of nitrogens with one attached hydrogen (secondary N) is 2. The van der Waals surface area contributed by atoms with Gasteiger partial charge >= 0.3 is 0 Å². The number of nitrogen functional groups attached to an aromatic ring is 1. The number of carbonyl (C=O) groups is 1. The minimum Gasteiger partial charge on any atom is -0.383 e. The van der Waals surface area contributed by atoms with Crippen molar-refractivity contribution in [1.29, 1.82) is 0 Å². The fourth-order valence-electron chi connectivity index (χ4n) is 2.10. The van der Waals surface area contributed by atoms with Crippen LogP contribution in [-0.2, 0) is 4.79 Å². The molecule has 0 bridgehead atoms. The second-order valence-corrected chi connectivity index (χ2v) is 6.32. The van der Waals surface area contributed by atoms with Crippen LogP contribution in [0.4, 0.5) is 5.82 Å². The quantitative estimate of drug-likeness (QED) is 0.555. The second kappa shape index (κ2) is 7.82. The first-order valence-corrected chi connectivity index (χ1v) is 8.26. The van der Waals surface area contributed by atoms with Crippen molar-refractivity contribution < 1.29 is 4.79 Å². The summed E-state index contributed by atoms with van der Waals surface area (Å²) in [6, 6.07) is 10.9. The molecule has 7 heteroatoms. The number of amides is 1. The monoisotopic (exact) mass is 332 g/mol. The number of H-pyrrole nitrogens is 1. The van der Waals surface area contributed by atoms with Crippen molar-refractivity contribution in [1.82, 2.24) is 15.3 Å². The Hall–Kier alpha value is -2.28. The zero-order chi connectivity index (χ0) is 16.8. The molecule has 0 fully saturated rings. The van der Waals surface area contributed by atoms with E-state index in [-0.39, 0.29) is 28.6 Å². The summed E-state index contributed by atoms with van der Waals surface area (Å²) in [6.07, 6.45) is 0.608. The molecule has 0 aliphatic carbocycles. The zero-order valence-corrected chi connectivity index (χ0v) is 13.9. The first-order chi connectivity index (χ1) is 11.0. The molecule has 0 radical (unpaired) electrons. The molecule has 0 spiro atoms. The molecule has 4 N–H and O–H groups in total. The van der Waals surface area contributed by atoms with Gasteiger partial charge in [-0.3, -0.25) is 9.59 Å². The maximum absolute atomic E-state index is 12.4. The van der Waals surface area contributed by atoms with Gasteiger partial charge in [-0.25, -0.2) is 4.98 Å². The van der Waals surface area contributed by atoms with E-state index in [2.05, 4.69) is 15.3 Å². The highest BCUT2D eigenvalue weighted by Crippen LogP contribution is 2.23. The van der Waals surface area contributed by atoms with Gasteiger partial charge in [-0.15, -0.1) is 0 Å². The van der Waals surface area contributed by atoms with Crippen LogP contribution in [-0.4, -0.2) is 21.1 Å². The standard InChI is InChI=1S/C16H20N4O2S/c1-3-12(23-16-19-13(17)9-14(21)20-16)15(22)18-10(2)11-7-5-4-6-8-11/h4-10,12H,3H2,1-2H3,(H,18,22)(H3,17,19,20,21)/t10-,12+/m0/s1. The van der Waals surface area contributed by atoms with Crippen molar-refractivity contribution in [3.63, 3.8) is 0 Å². The molecule has 2 atom stereocenters. The fraction of sp³-hybridized carbons (Fsp3) is 0.312. The predicted molar refractivity (Wildman–Crippen MR) is 92.2 cm³/mol. The number of carbonyl (C=O) groups excluding carboxylic acids is 1. The lowest BCUT2D eigenvalue weighted by atomic mass is 10.1. The van der Waals surface area contributed by atoms with E-state index in [1.807, 2.05) is 44.2 Å². The van der Waals surface area contributed by atoms with E-state index < -0.39 is 0 Å². The molecule has 1 heterocycles. The van der Waals surface area contributed by atoms with Gasteiger partial charge in [-0.2, -0.15) is 0 Å². The van der Waals surface area contributed by atoms with E-state index >= 15 is 0 Å². The highest BCUT2D eigenvalue weighted by molar-refractivity contribution is 8.00. The van der Waals surface area contributed by atoms with Gasteiger partial charge in [-0.05, 0) is 18.9 Å². The van der Waals surface area contributed by atoms with Gasteiger partial charge in [0.05, 0.1) is 11.3 Å². The SMILES string of the molecule is CC[C@@H](Sc1nc(N)cc(=O)[nH]1)C(=O)N[C@@H](C)c1ccccc1. The summed E-state index contributed by atoms with van der Waals surface area (Å²) < 4.78 is 0. The molecule has 0 unspecified atom stereocenters. The number of hydrogen-bond donors (Lipinski definition) is 3. The van der Waals surface area contributed by atoms with Crippen LogP contribution in [0.25, 0.3) is 0 Å². The van der Waals surface area contributed by atoms with E-state index in [0.717, 1.165) is 5.56 Å². The van der Waals surface area contributed by atoms with Crippen LogP contribution in [0, 0.1) is 0 Å². The van der Waals surface area contributed by atoms with Gasteiger partial charge in [0, 0.05) is 6.07 Å². The van der Waals surface area contributed by atoms with Crippen LogP contribution in [0.15, 0.2) is 46.3 Å². The Morgan fingerprint density at radius 2 is 2.09 bits per heavy atom. The molecule has 1 amide bonds. The van der Waals surface area contributed by atoms with Gasteiger partial charge in [0.25, 0.3) is 5.56 Å². The number of nitrogens with two attached hydrogens (primary N) is 1. The third-order valence-electron chi connectivity index (χ3n) is 3.32. The smallest absolute Gasteiger partial charge is 0.253 e. The van der Waals surface area contributed by atoms with Crippen molar-refractivity contribution >= 4 is 23.5 Å². The topological polar surface area (TPSA) is 101 Å². The molecule has 6 nitrogen and oxygen atoms in total. The molecular formula is C16H20N4O2S. The Labute approximate surface area is 138 Å². The van der Waals surface area contributed by atoms with Crippen LogP contribution in [0.5, 0.6) is 0 Å². The average molecular weight is 332 g/mol. The van der Waals surface area contributed by atoms with Crippen LogP contribution in [0.2, 0.25) is 0 Å². The number of benzene rings is 1. The van der Waals surface area contributed by atoms with E-state index in [9.17, 15) is 9.59 Å². The number of hydrogen-bond acceptors (Lipinski definition) is 5. The van der Waals surface area contributed by atoms with Gasteiger partial charge < -0.3 is 16.0 Å². The van der Waals surface area contributed by atoms with Gasteiger partial charge in [0.2, 0.25) is 5.91 Å². The van der Waals surface area contributed by atoms with E-state index in [1.165, 1.54) is 17.8 Å². The summed E-state index contributed by atoms with van der Waals surface area (Å²) in [6.45, 7) is 3.85. The zero-order valence-electron chi connectivity index (χ0n) is 13.1. The minimum atomic E-state index is -0.355. The van der Waals surface area contributed by atoms with Crippen LogP contribution in [0.3, 0.4) is 0 Å². The largest absolute Gasteiger partial charge is 0.383 e. The van der Waals surface area contributed by atoms with Gasteiger partial charge in [0.1, 0.15) is 5.82 Å². The van der Waals surface area contributed by atoms with Crippen molar-refractivity contribution in [3.05, 3.63) is 52.3 Å². The normalized spacial score (nSPS) is 13.3. The Morgan fingerprint density at radius 1 is 1.39 bits per heavy atom. The van der Waals surface area contributed by atoms with Crippen molar-refractivity contribution in [2.24, 2.45) is 0 Å². The van der Waals surface area contributed by atoms with Crippen LogP contribution >= 0.6 is 11.8 Å². The molecule has 2 aromatic rings. The number of anilines is 1. The Balaban J connectivity index is 2.05. The molecule has 0 aliphatic heterocycles. The molecule has 2 rings (SSSR count). The molecule has 1 aromatic carbocycles. The van der Waals surface area contributed by atoms with E-state index in [4.69, 9.17) is 5.73 Å².